The van der Waals surface area contributed by atoms with Gasteiger partial charge in [-0.05, 0) is 24.6 Å². The average molecular weight is 245 g/mol. The first-order valence-electron chi connectivity index (χ1n) is 5.66. The second kappa shape index (κ2) is 4.87. The molecule has 0 aliphatic heterocycles. The fourth-order valence-corrected chi connectivity index (χ4v) is 1.59. The highest BCUT2D eigenvalue weighted by molar-refractivity contribution is 6.03. The normalized spacial score (nSPS) is 10.3. The zero-order chi connectivity index (χ0) is 13.1. The summed E-state index contributed by atoms with van der Waals surface area (Å²) in [4.78, 5) is 15.9. The van der Waals surface area contributed by atoms with Gasteiger partial charge in [0, 0.05) is 7.05 Å². The van der Waals surface area contributed by atoms with Crippen LogP contribution in [0.15, 0.2) is 24.4 Å². The first-order valence-corrected chi connectivity index (χ1v) is 5.66. The number of carbonyl (C=O) groups is 1. The van der Waals surface area contributed by atoms with Crippen LogP contribution >= 0.6 is 0 Å². The van der Waals surface area contributed by atoms with Gasteiger partial charge in [-0.1, -0.05) is 6.92 Å². The predicted octanol–water partition coefficient (Wildman–Crippen LogP) is 1.21. The minimum absolute atomic E-state index is 0.212. The predicted molar refractivity (Wildman–Crippen MR) is 69.2 cm³/mol. The van der Waals surface area contributed by atoms with E-state index in [1.54, 1.807) is 29.9 Å². The van der Waals surface area contributed by atoms with E-state index < -0.39 is 0 Å². The number of carbonyl (C=O) groups excluding carboxylic acids is 1. The number of nitrogens with zero attached hydrogens (tertiary/aromatic N) is 3. The third kappa shape index (κ3) is 2.48. The number of pyridine rings is 1. The average Bonchev–Trinajstić information content (AvgIpc) is 2.73. The van der Waals surface area contributed by atoms with Gasteiger partial charge in [-0.2, -0.15) is 5.10 Å². The summed E-state index contributed by atoms with van der Waals surface area (Å²) in [6.07, 6.45) is 2.31. The lowest BCUT2D eigenvalue weighted by atomic mass is 10.3. The van der Waals surface area contributed by atoms with Crippen LogP contribution in [0.2, 0.25) is 0 Å². The van der Waals surface area contributed by atoms with Gasteiger partial charge in [0.2, 0.25) is 0 Å². The summed E-state index contributed by atoms with van der Waals surface area (Å²) >= 11 is 0. The smallest absolute Gasteiger partial charge is 0.273 e. The monoisotopic (exact) mass is 245 g/mol. The zero-order valence-corrected chi connectivity index (χ0v) is 10.3. The Morgan fingerprint density at radius 1 is 1.50 bits per heavy atom. The van der Waals surface area contributed by atoms with Crippen LogP contribution in [0.5, 0.6) is 0 Å². The van der Waals surface area contributed by atoms with Crippen LogP contribution in [0.25, 0.3) is 0 Å². The lowest BCUT2D eigenvalue weighted by Gasteiger charge is -2.04. The lowest BCUT2D eigenvalue weighted by molar-refractivity contribution is 0.101. The summed E-state index contributed by atoms with van der Waals surface area (Å²) in [5, 5.41) is 6.97. The topological polar surface area (TPSA) is 85.8 Å². The van der Waals surface area contributed by atoms with Crippen molar-refractivity contribution in [1.29, 1.82) is 0 Å². The molecule has 0 aromatic carbocycles. The second-order valence-electron chi connectivity index (χ2n) is 3.92. The SMILES string of the molecule is CCc1cc(C(=O)Nc2ccc(N)nc2)n(C)n1. The number of nitrogens with two attached hydrogens (primary N) is 1. The minimum atomic E-state index is -0.212. The van der Waals surface area contributed by atoms with E-state index >= 15 is 0 Å². The van der Waals surface area contributed by atoms with Gasteiger partial charge in [-0.15, -0.1) is 0 Å². The molecule has 0 saturated carbocycles. The number of amides is 1. The number of hydrogen-bond donors (Lipinski definition) is 2. The Hall–Kier alpha value is -2.37. The maximum Gasteiger partial charge on any atom is 0.273 e. The largest absolute Gasteiger partial charge is 0.384 e. The zero-order valence-electron chi connectivity index (χ0n) is 10.3. The Labute approximate surface area is 105 Å². The Morgan fingerprint density at radius 2 is 2.28 bits per heavy atom. The van der Waals surface area contributed by atoms with Crippen molar-refractivity contribution < 1.29 is 4.79 Å². The molecule has 0 saturated heterocycles. The van der Waals surface area contributed by atoms with E-state index in [1.165, 1.54) is 6.20 Å². The molecule has 6 heteroatoms. The van der Waals surface area contributed by atoms with Crippen LogP contribution in [-0.2, 0) is 13.5 Å². The van der Waals surface area contributed by atoms with Crippen molar-refractivity contribution in [2.24, 2.45) is 7.05 Å². The third-order valence-corrected chi connectivity index (χ3v) is 2.57. The van der Waals surface area contributed by atoms with Gasteiger partial charge in [0.1, 0.15) is 11.5 Å². The molecular formula is C12H15N5O. The minimum Gasteiger partial charge on any atom is -0.384 e. The summed E-state index contributed by atoms with van der Waals surface area (Å²) in [7, 11) is 1.75. The highest BCUT2D eigenvalue weighted by atomic mass is 16.2. The van der Waals surface area contributed by atoms with Crippen molar-refractivity contribution in [3.8, 4) is 0 Å². The third-order valence-electron chi connectivity index (χ3n) is 2.57. The molecule has 0 spiro atoms. The van der Waals surface area contributed by atoms with Gasteiger partial charge in [0.05, 0.1) is 17.6 Å². The van der Waals surface area contributed by atoms with E-state index in [4.69, 9.17) is 5.73 Å². The first kappa shape index (κ1) is 12.1. The van der Waals surface area contributed by atoms with Crippen molar-refractivity contribution in [3.05, 3.63) is 35.8 Å². The van der Waals surface area contributed by atoms with E-state index in [0.29, 0.717) is 17.2 Å². The van der Waals surface area contributed by atoms with E-state index in [0.717, 1.165) is 12.1 Å². The van der Waals surface area contributed by atoms with Crippen molar-refractivity contribution >= 4 is 17.4 Å². The quantitative estimate of drug-likeness (QED) is 0.851. The fraction of sp³-hybridized carbons (Fsp3) is 0.250. The van der Waals surface area contributed by atoms with E-state index in [1.807, 2.05) is 6.92 Å². The molecule has 3 N–H and O–H groups in total. The van der Waals surface area contributed by atoms with Gasteiger partial charge in [0.25, 0.3) is 5.91 Å². The molecule has 94 valence electrons. The molecule has 0 bridgehead atoms. The Balaban J connectivity index is 2.16. The number of aromatic nitrogens is 3. The molecular weight excluding hydrogens is 230 g/mol. The van der Waals surface area contributed by atoms with E-state index in [2.05, 4.69) is 15.4 Å². The lowest BCUT2D eigenvalue weighted by Crippen LogP contribution is -2.16. The second-order valence-corrected chi connectivity index (χ2v) is 3.92. The van der Waals surface area contributed by atoms with E-state index in [9.17, 15) is 4.79 Å². The highest BCUT2D eigenvalue weighted by Crippen LogP contribution is 2.10. The summed E-state index contributed by atoms with van der Waals surface area (Å²) in [6.45, 7) is 1.99. The van der Waals surface area contributed by atoms with Crippen molar-refractivity contribution in [1.82, 2.24) is 14.8 Å². The van der Waals surface area contributed by atoms with Crippen LogP contribution in [0.4, 0.5) is 11.5 Å². The molecule has 2 heterocycles. The van der Waals surface area contributed by atoms with Gasteiger partial charge in [-0.25, -0.2) is 4.98 Å². The molecule has 6 nitrogen and oxygen atoms in total. The highest BCUT2D eigenvalue weighted by Gasteiger charge is 2.12. The van der Waals surface area contributed by atoms with Crippen LogP contribution < -0.4 is 11.1 Å². The first-order chi connectivity index (χ1) is 8.60. The van der Waals surface area contributed by atoms with E-state index in [-0.39, 0.29) is 5.91 Å². The number of anilines is 2. The standard InChI is InChI=1S/C12H15N5O/c1-3-8-6-10(17(2)16-8)12(18)15-9-4-5-11(13)14-7-9/h4-7H,3H2,1-2H3,(H2,13,14)(H,15,18). The molecule has 0 unspecified atom stereocenters. The molecule has 18 heavy (non-hydrogen) atoms. The van der Waals surface area contributed by atoms with Crippen LogP contribution in [-0.4, -0.2) is 20.7 Å². The van der Waals surface area contributed by atoms with Crippen LogP contribution in [0, 0.1) is 0 Å². The van der Waals surface area contributed by atoms with Gasteiger partial charge >= 0.3 is 0 Å². The molecule has 0 fully saturated rings. The maximum absolute atomic E-state index is 12.0. The molecule has 2 aromatic rings. The summed E-state index contributed by atoms with van der Waals surface area (Å²) in [6, 6.07) is 5.12. The molecule has 2 rings (SSSR count). The Kier molecular flexibility index (Phi) is 3.27. The maximum atomic E-state index is 12.0. The molecule has 0 aliphatic rings. The summed E-state index contributed by atoms with van der Waals surface area (Å²) in [5.41, 5.74) is 7.49. The van der Waals surface area contributed by atoms with Gasteiger partial charge < -0.3 is 11.1 Å². The number of rotatable bonds is 3. The van der Waals surface area contributed by atoms with Crippen LogP contribution in [0.3, 0.4) is 0 Å². The van der Waals surface area contributed by atoms with Gasteiger partial charge in [0.15, 0.2) is 0 Å². The molecule has 0 aliphatic carbocycles. The molecule has 2 aromatic heterocycles. The number of nitrogens with one attached hydrogen (secondary N) is 1. The van der Waals surface area contributed by atoms with Crippen molar-refractivity contribution in [2.45, 2.75) is 13.3 Å². The van der Waals surface area contributed by atoms with Crippen LogP contribution in [0.1, 0.15) is 23.1 Å². The van der Waals surface area contributed by atoms with Crippen molar-refractivity contribution in [2.75, 3.05) is 11.1 Å². The summed E-state index contributed by atoms with van der Waals surface area (Å²) in [5.74, 6) is 0.207. The Bertz CT molecular complexity index is 558. The van der Waals surface area contributed by atoms with Gasteiger partial charge in [-0.3, -0.25) is 9.48 Å². The number of hydrogen-bond acceptors (Lipinski definition) is 4. The molecule has 0 atom stereocenters. The van der Waals surface area contributed by atoms with Crippen molar-refractivity contribution in [3.63, 3.8) is 0 Å². The number of nitrogen functional groups attached to an aromatic ring is 1. The Morgan fingerprint density at radius 3 is 2.83 bits per heavy atom. The molecule has 1 amide bonds. The molecule has 0 radical (unpaired) electrons. The number of aryl methyl sites for hydroxylation is 2. The summed E-state index contributed by atoms with van der Waals surface area (Å²) < 4.78 is 1.57. The fourth-order valence-electron chi connectivity index (χ4n) is 1.59.